The first-order valence-electron chi connectivity index (χ1n) is 6.90. The van der Waals surface area contributed by atoms with Gasteiger partial charge in [0, 0.05) is 10.0 Å². The number of rotatable bonds is 5. The van der Waals surface area contributed by atoms with Crippen molar-refractivity contribution in [3.8, 4) is 5.75 Å². The standard InChI is InChI=1S/C17H17BrN2O2/c1-12(2)22-16-8-6-13(7-9-16)11-19-20-17(21)14-4-3-5-15(18)10-14/h3-12H,1-2H3,(H,20,21). The van der Waals surface area contributed by atoms with E-state index in [-0.39, 0.29) is 12.0 Å². The number of benzene rings is 2. The van der Waals surface area contributed by atoms with E-state index in [1.165, 1.54) is 0 Å². The van der Waals surface area contributed by atoms with Crippen LogP contribution < -0.4 is 10.2 Å². The monoisotopic (exact) mass is 360 g/mol. The molecule has 4 nitrogen and oxygen atoms in total. The van der Waals surface area contributed by atoms with Crippen LogP contribution in [0.25, 0.3) is 0 Å². The van der Waals surface area contributed by atoms with Gasteiger partial charge in [0.2, 0.25) is 0 Å². The highest BCUT2D eigenvalue weighted by Gasteiger charge is 2.03. The molecule has 0 radical (unpaired) electrons. The molecule has 2 aromatic carbocycles. The van der Waals surface area contributed by atoms with Gasteiger partial charge in [-0.2, -0.15) is 5.10 Å². The molecule has 114 valence electrons. The van der Waals surface area contributed by atoms with Crippen LogP contribution in [0.3, 0.4) is 0 Å². The Kier molecular flexibility index (Phi) is 5.72. The summed E-state index contributed by atoms with van der Waals surface area (Å²) < 4.78 is 6.41. The van der Waals surface area contributed by atoms with Crippen LogP contribution in [-0.4, -0.2) is 18.2 Å². The number of hydrogen-bond donors (Lipinski definition) is 1. The second kappa shape index (κ2) is 7.75. The van der Waals surface area contributed by atoms with E-state index >= 15 is 0 Å². The molecular weight excluding hydrogens is 344 g/mol. The van der Waals surface area contributed by atoms with Crippen LogP contribution in [0, 0.1) is 0 Å². The van der Waals surface area contributed by atoms with Crippen molar-refractivity contribution in [3.63, 3.8) is 0 Å². The van der Waals surface area contributed by atoms with E-state index in [9.17, 15) is 4.79 Å². The van der Waals surface area contributed by atoms with Crippen LogP contribution in [0.15, 0.2) is 58.1 Å². The third kappa shape index (κ3) is 5.00. The quantitative estimate of drug-likeness (QED) is 0.647. The summed E-state index contributed by atoms with van der Waals surface area (Å²) in [6, 6.07) is 14.6. The summed E-state index contributed by atoms with van der Waals surface area (Å²) in [7, 11) is 0. The molecule has 22 heavy (non-hydrogen) atoms. The van der Waals surface area contributed by atoms with Gasteiger partial charge in [0.1, 0.15) is 5.75 Å². The van der Waals surface area contributed by atoms with Crippen molar-refractivity contribution in [3.05, 3.63) is 64.1 Å². The molecule has 0 saturated carbocycles. The maximum atomic E-state index is 11.9. The lowest BCUT2D eigenvalue weighted by atomic mass is 10.2. The van der Waals surface area contributed by atoms with E-state index in [1.807, 2.05) is 44.2 Å². The number of halogens is 1. The molecule has 0 aliphatic heterocycles. The largest absolute Gasteiger partial charge is 0.491 e. The van der Waals surface area contributed by atoms with Crippen LogP contribution in [0.4, 0.5) is 0 Å². The number of amides is 1. The normalized spacial score (nSPS) is 10.9. The van der Waals surface area contributed by atoms with Crippen LogP contribution in [0.5, 0.6) is 5.75 Å². The Morgan fingerprint density at radius 1 is 1.23 bits per heavy atom. The lowest BCUT2D eigenvalue weighted by Gasteiger charge is -2.09. The third-order valence-electron chi connectivity index (χ3n) is 2.72. The number of hydrazone groups is 1. The molecular formula is C17H17BrN2O2. The minimum atomic E-state index is -0.252. The molecule has 0 spiro atoms. The molecule has 0 aliphatic carbocycles. The Morgan fingerprint density at radius 2 is 1.95 bits per heavy atom. The van der Waals surface area contributed by atoms with E-state index in [0.717, 1.165) is 15.8 Å². The molecule has 0 aliphatic rings. The maximum absolute atomic E-state index is 11.9. The predicted octanol–water partition coefficient (Wildman–Crippen LogP) is 4.00. The maximum Gasteiger partial charge on any atom is 0.271 e. The number of ether oxygens (including phenoxy) is 1. The molecule has 0 saturated heterocycles. The zero-order valence-electron chi connectivity index (χ0n) is 12.4. The summed E-state index contributed by atoms with van der Waals surface area (Å²) in [6.07, 6.45) is 1.73. The van der Waals surface area contributed by atoms with Gasteiger partial charge >= 0.3 is 0 Å². The average Bonchev–Trinajstić information content (AvgIpc) is 2.48. The van der Waals surface area contributed by atoms with Gasteiger partial charge in [-0.3, -0.25) is 4.79 Å². The number of nitrogens with one attached hydrogen (secondary N) is 1. The van der Waals surface area contributed by atoms with E-state index in [2.05, 4.69) is 26.5 Å². The highest BCUT2D eigenvalue weighted by molar-refractivity contribution is 9.10. The van der Waals surface area contributed by atoms with Crippen molar-refractivity contribution < 1.29 is 9.53 Å². The van der Waals surface area contributed by atoms with Crippen molar-refractivity contribution in [2.45, 2.75) is 20.0 Å². The van der Waals surface area contributed by atoms with Crippen molar-refractivity contribution in [1.29, 1.82) is 0 Å². The number of hydrogen-bond acceptors (Lipinski definition) is 3. The van der Waals surface area contributed by atoms with Crippen LogP contribution in [-0.2, 0) is 0 Å². The van der Waals surface area contributed by atoms with Crippen molar-refractivity contribution in [1.82, 2.24) is 5.43 Å². The molecule has 0 atom stereocenters. The Hall–Kier alpha value is -2.14. The summed E-state index contributed by atoms with van der Waals surface area (Å²) in [5.41, 5.74) is 3.93. The highest BCUT2D eigenvalue weighted by Crippen LogP contribution is 2.13. The SMILES string of the molecule is CC(C)Oc1ccc(C=NNC(=O)c2cccc(Br)c2)cc1. The van der Waals surface area contributed by atoms with Gasteiger partial charge in [0.15, 0.2) is 0 Å². The van der Waals surface area contributed by atoms with E-state index < -0.39 is 0 Å². The highest BCUT2D eigenvalue weighted by atomic mass is 79.9. The summed E-state index contributed by atoms with van der Waals surface area (Å²) in [5, 5.41) is 3.96. The molecule has 0 fully saturated rings. The molecule has 0 unspecified atom stereocenters. The van der Waals surface area contributed by atoms with Gasteiger partial charge in [-0.05, 0) is 61.9 Å². The second-order valence-electron chi connectivity index (χ2n) is 4.95. The Bertz CT molecular complexity index is 667. The summed E-state index contributed by atoms with van der Waals surface area (Å²) >= 11 is 3.33. The molecule has 1 amide bonds. The molecule has 0 bridgehead atoms. The number of nitrogens with zero attached hydrogens (tertiary/aromatic N) is 1. The Morgan fingerprint density at radius 3 is 2.59 bits per heavy atom. The third-order valence-corrected chi connectivity index (χ3v) is 3.21. The van der Waals surface area contributed by atoms with Gasteiger partial charge in [0.25, 0.3) is 5.91 Å². The average molecular weight is 361 g/mol. The fourth-order valence-electron chi connectivity index (χ4n) is 1.76. The van der Waals surface area contributed by atoms with Crippen LogP contribution in [0.1, 0.15) is 29.8 Å². The van der Waals surface area contributed by atoms with Crippen LogP contribution in [0.2, 0.25) is 0 Å². The molecule has 1 N–H and O–H groups in total. The lowest BCUT2D eigenvalue weighted by Crippen LogP contribution is -2.17. The van der Waals surface area contributed by atoms with Crippen molar-refractivity contribution in [2.75, 3.05) is 0 Å². The molecule has 2 rings (SSSR count). The van der Waals surface area contributed by atoms with E-state index in [1.54, 1.807) is 24.4 Å². The fraction of sp³-hybridized carbons (Fsp3) is 0.176. The van der Waals surface area contributed by atoms with Gasteiger partial charge in [0.05, 0.1) is 12.3 Å². The smallest absolute Gasteiger partial charge is 0.271 e. The van der Waals surface area contributed by atoms with Gasteiger partial charge in [-0.15, -0.1) is 0 Å². The first-order valence-corrected chi connectivity index (χ1v) is 7.69. The molecule has 0 aromatic heterocycles. The van der Waals surface area contributed by atoms with Gasteiger partial charge in [-0.1, -0.05) is 22.0 Å². The molecule has 2 aromatic rings. The minimum absolute atomic E-state index is 0.143. The van der Waals surface area contributed by atoms with E-state index in [0.29, 0.717) is 5.56 Å². The summed E-state index contributed by atoms with van der Waals surface area (Å²) in [4.78, 5) is 11.9. The van der Waals surface area contributed by atoms with Crippen molar-refractivity contribution >= 4 is 28.1 Å². The lowest BCUT2D eigenvalue weighted by molar-refractivity contribution is 0.0955. The summed E-state index contributed by atoms with van der Waals surface area (Å²) in [6.45, 7) is 3.96. The minimum Gasteiger partial charge on any atom is -0.491 e. The zero-order valence-corrected chi connectivity index (χ0v) is 14.0. The summed E-state index contributed by atoms with van der Waals surface area (Å²) in [5.74, 6) is 0.558. The Labute approximate surface area is 138 Å². The Balaban J connectivity index is 1.93. The second-order valence-corrected chi connectivity index (χ2v) is 5.86. The predicted molar refractivity (Wildman–Crippen MR) is 91.4 cm³/mol. The van der Waals surface area contributed by atoms with Gasteiger partial charge < -0.3 is 4.74 Å². The zero-order chi connectivity index (χ0) is 15.9. The number of carbonyl (C=O) groups is 1. The first-order chi connectivity index (χ1) is 10.5. The molecule has 0 heterocycles. The number of carbonyl (C=O) groups excluding carboxylic acids is 1. The van der Waals surface area contributed by atoms with Gasteiger partial charge in [-0.25, -0.2) is 5.43 Å². The fourth-order valence-corrected chi connectivity index (χ4v) is 2.16. The van der Waals surface area contributed by atoms with Crippen molar-refractivity contribution in [2.24, 2.45) is 5.10 Å². The first kappa shape index (κ1) is 16.2. The topological polar surface area (TPSA) is 50.7 Å². The van der Waals surface area contributed by atoms with E-state index in [4.69, 9.17) is 4.74 Å². The van der Waals surface area contributed by atoms with Crippen LogP contribution >= 0.6 is 15.9 Å². The molecule has 5 heteroatoms.